The summed E-state index contributed by atoms with van der Waals surface area (Å²) in [6.07, 6.45) is 20.4. The maximum atomic E-state index is 11.5. The third-order valence-electron chi connectivity index (χ3n) is 6.28. The minimum absolute atomic E-state index is 0.0703. The van der Waals surface area contributed by atoms with Crippen molar-refractivity contribution in [2.75, 3.05) is 26.1 Å². The Morgan fingerprint density at radius 3 is 1.94 bits per heavy atom. The SMILES string of the molecule is CCCCCCCCCCCSC(CCCCCCC)C(C)OCCCOC(O)([PH+]=O)C(=O)OC. The van der Waals surface area contributed by atoms with Crippen molar-refractivity contribution in [1.82, 2.24) is 0 Å². The van der Waals surface area contributed by atoms with Crippen molar-refractivity contribution in [1.29, 1.82) is 0 Å². The highest BCUT2D eigenvalue weighted by atomic mass is 32.2. The van der Waals surface area contributed by atoms with Crippen molar-refractivity contribution in [3.63, 3.8) is 0 Å². The molecule has 0 aromatic heterocycles. The van der Waals surface area contributed by atoms with Gasteiger partial charge in [0.15, 0.2) is 0 Å². The zero-order valence-corrected chi connectivity index (χ0v) is 24.8. The number of carbonyl (C=O) groups is 1. The molecule has 0 aromatic carbocycles. The number of hydrogen-bond acceptors (Lipinski definition) is 7. The molecule has 0 rings (SSSR count). The molecule has 0 heterocycles. The summed E-state index contributed by atoms with van der Waals surface area (Å²) in [5.41, 5.74) is -2.38. The van der Waals surface area contributed by atoms with Crippen molar-refractivity contribution < 1.29 is 28.7 Å². The fraction of sp³-hybridized carbons (Fsp3) is 0.963. The summed E-state index contributed by atoms with van der Waals surface area (Å²) < 4.78 is 26.8. The molecule has 4 atom stereocenters. The second-order valence-corrected chi connectivity index (χ2v) is 11.7. The number of aliphatic hydroxyl groups is 1. The largest absolute Gasteiger partial charge is 0.470 e. The van der Waals surface area contributed by atoms with Crippen LogP contribution in [0.3, 0.4) is 0 Å². The quantitative estimate of drug-likeness (QED) is 0.0525. The van der Waals surface area contributed by atoms with Crippen LogP contribution in [0.4, 0.5) is 0 Å². The molecule has 0 saturated carbocycles. The molecule has 4 unspecified atom stereocenters. The van der Waals surface area contributed by atoms with E-state index in [1.165, 1.54) is 102 Å². The lowest BCUT2D eigenvalue weighted by atomic mass is 10.1. The van der Waals surface area contributed by atoms with Gasteiger partial charge in [0, 0.05) is 11.9 Å². The van der Waals surface area contributed by atoms with Crippen LogP contribution in [0.1, 0.15) is 124 Å². The van der Waals surface area contributed by atoms with Gasteiger partial charge in [0.05, 0.1) is 19.8 Å². The van der Waals surface area contributed by atoms with Crippen molar-refractivity contribution in [2.24, 2.45) is 0 Å². The van der Waals surface area contributed by atoms with Gasteiger partial charge in [-0.2, -0.15) is 11.8 Å². The predicted molar refractivity (Wildman–Crippen MR) is 149 cm³/mol. The average molecular weight is 538 g/mol. The minimum Gasteiger partial charge on any atom is -0.461 e. The summed E-state index contributed by atoms with van der Waals surface area (Å²) in [4.78, 5) is 11.5. The molecule has 0 fully saturated rings. The van der Waals surface area contributed by atoms with Crippen molar-refractivity contribution in [2.45, 2.75) is 140 Å². The second kappa shape index (κ2) is 24.2. The summed E-state index contributed by atoms with van der Waals surface area (Å²) in [5.74, 6) is 0.138. The summed E-state index contributed by atoms with van der Waals surface area (Å²) in [6.45, 7) is 7.18. The molecule has 0 aromatic rings. The van der Waals surface area contributed by atoms with Crippen molar-refractivity contribution in [3.8, 4) is 0 Å². The van der Waals surface area contributed by atoms with Gasteiger partial charge in [-0.3, -0.25) is 0 Å². The zero-order valence-electron chi connectivity index (χ0n) is 23.0. The molecule has 6 nitrogen and oxygen atoms in total. The molecule has 1 N–H and O–H groups in total. The minimum atomic E-state index is -2.38. The first-order valence-corrected chi connectivity index (χ1v) is 16.0. The van der Waals surface area contributed by atoms with Gasteiger partial charge in [-0.05, 0) is 31.9 Å². The summed E-state index contributed by atoms with van der Waals surface area (Å²) in [7, 11) is -0.224. The van der Waals surface area contributed by atoms with Gasteiger partial charge in [-0.25, -0.2) is 4.79 Å². The van der Waals surface area contributed by atoms with E-state index in [1.54, 1.807) is 0 Å². The van der Waals surface area contributed by atoms with E-state index < -0.39 is 20.0 Å². The Bertz CT molecular complexity index is 510. The highest BCUT2D eigenvalue weighted by Crippen LogP contribution is 2.26. The van der Waals surface area contributed by atoms with E-state index in [2.05, 4.69) is 25.5 Å². The summed E-state index contributed by atoms with van der Waals surface area (Å²) >= 11 is 2.05. The molecule has 0 aliphatic rings. The number of esters is 1. The van der Waals surface area contributed by atoms with E-state index in [4.69, 9.17) is 9.47 Å². The number of rotatable bonds is 26. The first-order valence-electron chi connectivity index (χ1n) is 14.0. The van der Waals surface area contributed by atoms with E-state index >= 15 is 0 Å². The fourth-order valence-electron chi connectivity index (χ4n) is 3.97. The lowest BCUT2D eigenvalue weighted by Gasteiger charge is -2.24. The Labute approximate surface area is 221 Å². The van der Waals surface area contributed by atoms with Crippen LogP contribution in [-0.4, -0.2) is 54.0 Å². The Morgan fingerprint density at radius 1 is 0.857 bits per heavy atom. The van der Waals surface area contributed by atoms with Gasteiger partial charge < -0.3 is 19.3 Å². The van der Waals surface area contributed by atoms with Gasteiger partial charge in [-0.1, -0.05) is 102 Å². The molecule has 0 spiro atoms. The first-order chi connectivity index (χ1) is 16.9. The normalized spacial score (nSPS) is 15.1. The van der Waals surface area contributed by atoms with Crippen LogP contribution >= 0.6 is 20.2 Å². The molecule has 0 amide bonds. The van der Waals surface area contributed by atoms with Gasteiger partial charge in [0.1, 0.15) is 0 Å². The number of thioether (sulfide) groups is 1. The highest BCUT2D eigenvalue weighted by molar-refractivity contribution is 7.99. The van der Waals surface area contributed by atoms with E-state index in [0.717, 1.165) is 7.11 Å². The van der Waals surface area contributed by atoms with Gasteiger partial charge in [-0.15, -0.1) is 0 Å². The van der Waals surface area contributed by atoms with Gasteiger partial charge in [0.2, 0.25) is 0 Å². The molecule has 208 valence electrons. The maximum absolute atomic E-state index is 11.5. The molecule has 8 heteroatoms. The van der Waals surface area contributed by atoms with Crippen LogP contribution in [0.5, 0.6) is 0 Å². The molecule has 35 heavy (non-hydrogen) atoms. The van der Waals surface area contributed by atoms with Gasteiger partial charge in [0.25, 0.3) is 0 Å². The highest BCUT2D eigenvalue weighted by Gasteiger charge is 2.48. The Balaban J connectivity index is 4.25. The van der Waals surface area contributed by atoms with Gasteiger partial charge >= 0.3 is 20.0 Å². The Hall–Kier alpha value is -0.200. The topological polar surface area (TPSA) is 82.1 Å². The third-order valence-corrected chi connectivity index (χ3v) is 8.47. The van der Waals surface area contributed by atoms with Crippen LogP contribution in [0, 0.1) is 0 Å². The van der Waals surface area contributed by atoms with Crippen LogP contribution in [0.2, 0.25) is 0 Å². The van der Waals surface area contributed by atoms with Crippen molar-refractivity contribution in [3.05, 3.63) is 0 Å². The van der Waals surface area contributed by atoms with Crippen LogP contribution in [0.15, 0.2) is 0 Å². The number of carbonyl (C=O) groups excluding carboxylic acids is 1. The first kappa shape index (κ1) is 34.8. The maximum Gasteiger partial charge on any atom is 0.470 e. The number of methoxy groups -OCH3 is 1. The molecule has 0 aliphatic heterocycles. The number of ether oxygens (including phenoxy) is 3. The summed E-state index contributed by atoms with van der Waals surface area (Å²) in [5, 5.41) is 10.4. The molecule has 0 bridgehead atoms. The predicted octanol–water partition coefficient (Wildman–Crippen LogP) is 7.63. The average Bonchev–Trinajstić information content (AvgIpc) is 2.87. The second-order valence-electron chi connectivity index (χ2n) is 9.46. The standard InChI is InChI=1S/C27H53O6PS/c1-5-7-9-11-12-13-14-16-18-23-35-25(20-17-15-10-8-6-2)24(3)32-21-19-22-33-27(29,34-30)26(28)31-4/h24-25,29H,5-23H2,1-4H3/p+1. The molecular weight excluding hydrogens is 483 g/mol. The Morgan fingerprint density at radius 2 is 1.40 bits per heavy atom. The van der Waals surface area contributed by atoms with Crippen LogP contribution in [0.25, 0.3) is 0 Å². The van der Waals surface area contributed by atoms with E-state index in [9.17, 15) is 14.5 Å². The molecule has 0 radical (unpaired) electrons. The fourth-order valence-corrected chi connectivity index (χ4v) is 5.68. The lowest BCUT2D eigenvalue weighted by Crippen LogP contribution is -2.37. The number of unbranched alkanes of at least 4 members (excludes halogenated alkanes) is 12. The van der Waals surface area contributed by atoms with Crippen LogP contribution < -0.4 is 0 Å². The third kappa shape index (κ3) is 18.7. The number of hydrogen-bond donors (Lipinski definition) is 1. The smallest absolute Gasteiger partial charge is 0.461 e. The van der Waals surface area contributed by atoms with Crippen LogP contribution in [-0.2, 0) is 23.6 Å². The zero-order chi connectivity index (χ0) is 26.2. The van der Waals surface area contributed by atoms with E-state index in [-0.39, 0.29) is 12.7 Å². The molecule has 0 saturated heterocycles. The lowest BCUT2D eigenvalue weighted by molar-refractivity contribution is -0.193. The monoisotopic (exact) mass is 537 g/mol. The Kier molecular flexibility index (Phi) is 24.0. The van der Waals surface area contributed by atoms with E-state index in [0.29, 0.717) is 18.3 Å². The molecular formula is C27H54O6PS+. The van der Waals surface area contributed by atoms with Crippen molar-refractivity contribution >= 4 is 26.2 Å². The summed E-state index contributed by atoms with van der Waals surface area (Å²) in [6, 6.07) is 0. The van der Waals surface area contributed by atoms with E-state index in [1.807, 2.05) is 11.8 Å². The molecule has 0 aliphatic carbocycles.